The quantitative estimate of drug-likeness (QED) is 0.929. The van der Waals surface area contributed by atoms with Gasteiger partial charge in [0.15, 0.2) is 0 Å². The molecule has 0 spiro atoms. The minimum absolute atomic E-state index is 0.146. The van der Waals surface area contributed by atoms with Crippen LogP contribution in [0.4, 0.5) is 0 Å². The van der Waals surface area contributed by atoms with E-state index in [0.29, 0.717) is 12.1 Å². The SMILES string of the molecule is COc1ccc(C(C)(O)C2CCCN2C(=O)c2cncnc2)cc1. The molecule has 1 aromatic heterocycles. The second-order valence-electron chi connectivity index (χ2n) is 6.16. The maximum atomic E-state index is 12.8. The summed E-state index contributed by atoms with van der Waals surface area (Å²) in [5.41, 5.74) is 0.0564. The van der Waals surface area contributed by atoms with E-state index in [1.807, 2.05) is 24.3 Å². The molecule has 2 atom stereocenters. The fourth-order valence-corrected chi connectivity index (χ4v) is 3.29. The fraction of sp³-hybridized carbons (Fsp3) is 0.389. The van der Waals surface area contributed by atoms with Crippen LogP contribution in [0.15, 0.2) is 43.0 Å². The van der Waals surface area contributed by atoms with Crippen molar-refractivity contribution in [3.05, 3.63) is 54.1 Å². The normalized spacial score (nSPS) is 19.8. The van der Waals surface area contributed by atoms with E-state index in [0.717, 1.165) is 24.2 Å². The zero-order valence-electron chi connectivity index (χ0n) is 13.8. The maximum absolute atomic E-state index is 12.8. The highest BCUT2D eigenvalue weighted by atomic mass is 16.5. The highest BCUT2D eigenvalue weighted by Crippen LogP contribution is 2.36. The molecule has 1 saturated heterocycles. The molecule has 0 saturated carbocycles. The van der Waals surface area contributed by atoms with Crippen LogP contribution in [0, 0.1) is 0 Å². The summed E-state index contributed by atoms with van der Waals surface area (Å²) in [4.78, 5) is 22.3. The lowest BCUT2D eigenvalue weighted by Crippen LogP contribution is -2.48. The Balaban J connectivity index is 1.87. The number of aromatic nitrogens is 2. The monoisotopic (exact) mass is 327 g/mol. The standard InChI is InChI=1S/C18H21N3O3/c1-18(23,14-5-7-15(24-2)8-6-14)16-4-3-9-21(16)17(22)13-10-19-12-20-11-13/h5-8,10-12,16,23H,3-4,9H2,1-2H3. The van der Waals surface area contributed by atoms with Gasteiger partial charge in [0.2, 0.25) is 0 Å². The second kappa shape index (κ2) is 6.57. The number of carbonyl (C=O) groups is 1. The van der Waals surface area contributed by atoms with Crippen LogP contribution >= 0.6 is 0 Å². The molecule has 24 heavy (non-hydrogen) atoms. The van der Waals surface area contributed by atoms with Gasteiger partial charge in [0, 0.05) is 18.9 Å². The molecule has 0 radical (unpaired) electrons. The molecule has 6 heteroatoms. The van der Waals surface area contributed by atoms with E-state index >= 15 is 0 Å². The van der Waals surface area contributed by atoms with E-state index in [1.165, 1.54) is 18.7 Å². The number of likely N-dealkylation sites (tertiary alicyclic amines) is 1. The summed E-state index contributed by atoms with van der Waals surface area (Å²) in [6, 6.07) is 7.02. The summed E-state index contributed by atoms with van der Waals surface area (Å²) in [7, 11) is 1.60. The van der Waals surface area contributed by atoms with Gasteiger partial charge in [0.25, 0.3) is 5.91 Å². The Bertz CT molecular complexity index is 701. The average molecular weight is 327 g/mol. The van der Waals surface area contributed by atoms with Gasteiger partial charge in [-0.3, -0.25) is 4.79 Å². The van der Waals surface area contributed by atoms with E-state index < -0.39 is 5.60 Å². The topological polar surface area (TPSA) is 75.6 Å². The van der Waals surface area contributed by atoms with E-state index in [-0.39, 0.29) is 11.9 Å². The first-order chi connectivity index (χ1) is 11.5. The number of ether oxygens (including phenoxy) is 1. The molecule has 0 aliphatic carbocycles. The van der Waals surface area contributed by atoms with Crippen LogP contribution in [0.5, 0.6) is 5.75 Å². The van der Waals surface area contributed by atoms with Crippen LogP contribution in [0.1, 0.15) is 35.7 Å². The first-order valence-corrected chi connectivity index (χ1v) is 7.97. The Morgan fingerprint density at radius 2 is 1.96 bits per heavy atom. The van der Waals surface area contributed by atoms with Crippen molar-refractivity contribution in [1.82, 2.24) is 14.9 Å². The molecular formula is C18H21N3O3. The first-order valence-electron chi connectivity index (χ1n) is 7.97. The van der Waals surface area contributed by atoms with Crippen LogP contribution in [0.25, 0.3) is 0 Å². The zero-order valence-corrected chi connectivity index (χ0v) is 13.8. The van der Waals surface area contributed by atoms with Gasteiger partial charge >= 0.3 is 0 Å². The summed E-state index contributed by atoms with van der Waals surface area (Å²) in [5.74, 6) is 0.585. The molecule has 126 valence electrons. The number of hydrogen-bond acceptors (Lipinski definition) is 5. The van der Waals surface area contributed by atoms with E-state index in [1.54, 1.807) is 18.9 Å². The molecule has 1 aliphatic rings. The van der Waals surface area contributed by atoms with Crippen LogP contribution < -0.4 is 4.74 Å². The molecule has 1 aliphatic heterocycles. The number of rotatable bonds is 4. The Kier molecular flexibility index (Phi) is 4.49. The number of nitrogens with zero attached hydrogens (tertiary/aromatic N) is 3. The van der Waals surface area contributed by atoms with Crippen LogP contribution in [0.3, 0.4) is 0 Å². The molecule has 0 bridgehead atoms. The minimum Gasteiger partial charge on any atom is -0.497 e. The van der Waals surface area contributed by atoms with Crippen LogP contribution in [-0.4, -0.2) is 45.6 Å². The van der Waals surface area contributed by atoms with E-state index in [2.05, 4.69) is 9.97 Å². The van der Waals surface area contributed by atoms with Crippen molar-refractivity contribution in [3.8, 4) is 5.75 Å². The lowest BCUT2D eigenvalue weighted by atomic mass is 9.86. The number of amides is 1. The van der Waals surface area contributed by atoms with Crippen LogP contribution in [0.2, 0.25) is 0 Å². The lowest BCUT2D eigenvalue weighted by molar-refractivity contribution is -0.0177. The van der Waals surface area contributed by atoms with Crippen molar-refractivity contribution in [2.75, 3.05) is 13.7 Å². The second-order valence-corrected chi connectivity index (χ2v) is 6.16. The van der Waals surface area contributed by atoms with E-state index in [9.17, 15) is 9.90 Å². The summed E-state index contributed by atoms with van der Waals surface area (Å²) in [6.45, 7) is 2.37. The summed E-state index contributed by atoms with van der Waals surface area (Å²) in [6.07, 6.45) is 6.01. The number of hydrogen-bond donors (Lipinski definition) is 1. The van der Waals surface area contributed by atoms with Gasteiger partial charge in [-0.05, 0) is 37.5 Å². The van der Waals surface area contributed by atoms with Crippen LogP contribution in [-0.2, 0) is 5.60 Å². The third-order valence-electron chi connectivity index (χ3n) is 4.64. The predicted molar refractivity (Wildman–Crippen MR) is 88.7 cm³/mol. The average Bonchev–Trinajstić information content (AvgIpc) is 3.12. The maximum Gasteiger partial charge on any atom is 0.257 e. The van der Waals surface area contributed by atoms with E-state index in [4.69, 9.17) is 4.74 Å². The van der Waals surface area contributed by atoms with Gasteiger partial charge in [-0.1, -0.05) is 12.1 Å². The fourth-order valence-electron chi connectivity index (χ4n) is 3.29. The number of benzene rings is 1. The predicted octanol–water partition coefficient (Wildman–Crippen LogP) is 2.00. The first kappa shape index (κ1) is 16.4. The van der Waals surface area contributed by atoms with Gasteiger partial charge in [-0.25, -0.2) is 9.97 Å². The molecular weight excluding hydrogens is 306 g/mol. The van der Waals surface area contributed by atoms with Gasteiger partial charge < -0.3 is 14.7 Å². The molecule has 1 N–H and O–H groups in total. The molecule has 1 amide bonds. The van der Waals surface area contributed by atoms with Gasteiger partial charge in [-0.15, -0.1) is 0 Å². The third kappa shape index (κ3) is 2.97. The van der Waals surface area contributed by atoms with Gasteiger partial charge in [-0.2, -0.15) is 0 Å². The molecule has 2 unspecified atom stereocenters. The summed E-state index contributed by atoms with van der Waals surface area (Å²) >= 11 is 0. The Morgan fingerprint density at radius 3 is 2.58 bits per heavy atom. The number of carbonyl (C=O) groups excluding carboxylic acids is 1. The van der Waals surface area contributed by atoms with Crippen molar-refractivity contribution in [3.63, 3.8) is 0 Å². The highest BCUT2D eigenvalue weighted by Gasteiger charge is 2.42. The largest absolute Gasteiger partial charge is 0.497 e. The minimum atomic E-state index is -1.14. The molecule has 1 aromatic carbocycles. The van der Waals surface area contributed by atoms with Crippen molar-refractivity contribution in [1.29, 1.82) is 0 Å². The molecule has 6 nitrogen and oxygen atoms in total. The third-order valence-corrected chi connectivity index (χ3v) is 4.64. The Morgan fingerprint density at radius 1 is 1.29 bits per heavy atom. The zero-order chi connectivity index (χ0) is 17.2. The number of aliphatic hydroxyl groups is 1. The summed E-state index contributed by atoms with van der Waals surface area (Å²) in [5, 5.41) is 11.1. The number of methoxy groups -OCH3 is 1. The highest BCUT2D eigenvalue weighted by molar-refractivity contribution is 5.94. The molecule has 1 fully saturated rings. The molecule has 3 rings (SSSR count). The lowest BCUT2D eigenvalue weighted by Gasteiger charge is -2.37. The van der Waals surface area contributed by atoms with Crippen molar-refractivity contribution < 1.29 is 14.6 Å². The molecule has 2 heterocycles. The smallest absolute Gasteiger partial charge is 0.257 e. The van der Waals surface area contributed by atoms with Crippen molar-refractivity contribution in [2.45, 2.75) is 31.4 Å². The Hall–Kier alpha value is -2.47. The molecule has 2 aromatic rings. The van der Waals surface area contributed by atoms with Gasteiger partial charge in [0.05, 0.1) is 18.7 Å². The summed E-state index contributed by atoms with van der Waals surface area (Å²) < 4.78 is 5.16. The van der Waals surface area contributed by atoms with Crippen molar-refractivity contribution in [2.24, 2.45) is 0 Å². The van der Waals surface area contributed by atoms with Gasteiger partial charge in [0.1, 0.15) is 17.7 Å². The van der Waals surface area contributed by atoms with Crippen molar-refractivity contribution >= 4 is 5.91 Å². The Labute approximate surface area is 141 Å².